The molecule has 3 N–H and O–H groups in total. The van der Waals surface area contributed by atoms with Gasteiger partial charge < -0.3 is 29.5 Å². The van der Waals surface area contributed by atoms with Crippen LogP contribution in [0.15, 0.2) is 47.6 Å². The Morgan fingerprint density at radius 2 is 1.95 bits per heavy atom. The van der Waals surface area contributed by atoms with Crippen molar-refractivity contribution in [2.75, 3.05) is 46.6 Å². The molecule has 0 bridgehead atoms. The second kappa shape index (κ2) is 15.0. The molecule has 2 aromatic carbocycles. The minimum Gasteiger partial charge on any atom is -0.491 e. The lowest BCUT2D eigenvalue weighted by Gasteiger charge is -2.33. The summed E-state index contributed by atoms with van der Waals surface area (Å²) in [7, 11) is 1.68. The fourth-order valence-electron chi connectivity index (χ4n) is 4.57. The number of nitrogens with zero attached hydrogens (tertiary/aromatic N) is 2. The van der Waals surface area contributed by atoms with Crippen molar-refractivity contribution in [3.8, 4) is 11.5 Å². The summed E-state index contributed by atoms with van der Waals surface area (Å²) in [5.74, 6) is 0.945. The van der Waals surface area contributed by atoms with Crippen molar-refractivity contribution in [1.29, 1.82) is 0 Å². The number of halogens is 1. The molecule has 216 valence electrons. The number of aliphatic hydroxyl groups is 1. The lowest BCUT2D eigenvalue weighted by molar-refractivity contribution is -0.134. The first-order valence-electron chi connectivity index (χ1n) is 13.6. The number of aliphatic hydroxyl groups excluding tert-OH is 1. The largest absolute Gasteiger partial charge is 0.491 e. The molecule has 0 aliphatic carbocycles. The molecule has 0 aromatic heterocycles. The standard InChI is InChI=1S/C29H37ClN4O6/c1-38-15-12-20-2-5-24(6-3-20)39-18-23(35)17-31-22-10-13-34(14-11-22)29(37)19-40-27-8-4-21(16-25(27)30)26-7-9-28(36)33-32-26/h2-6,8,16,22-23,31,35H,7,9-15,17-19H2,1H3,(H,33,36)/t23-/m0/s1. The molecule has 2 aromatic rings. The van der Waals surface area contributed by atoms with Gasteiger partial charge in [0, 0.05) is 45.6 Å². The summed E-state index contributed by atoms with van der Waals surface area (Å²) in [5.41, 5.74) is 5.21. The van der Waals surface area contributed by atoms with E-state index in [1.165, 1.54) is 5.56 Å². The van der Waals surface area contributed by atoms with Crippen LogP contribution in [0.1, 0.15) is 36.8 Å². The van der Waals surface area contributed by atoms with E-state index in [1.807, 2.05) is 30.3 Å². The van der Waals surface area contributed by atoms with Crippen molar-refractivity contribution < 1.29 is 28.9 Å². The van der Waals surface area contributed by atoms with Gasteiger partial charge in [-0.1, -0.05) is 23.7 Å². The predicted octanol–water partition coefficient (Wildman–Crippen LogP) is 2.54. The van der Waals surface area contributed by atoms with E-state index in [9.17, 15) is 14.7 Å². The number of carbonyl (C=O) groups excluding carboxylic acids is 2. The summed E-state index contributed by atoms with van der Waals surface area (Å²) in [5, 5.41) is 18.2. The van der Waals surface area contributed by atoms with Crippen LogP contribution in [-0.4, -0.2) is 86.2 Å². The average molecular weight is 573 g/mol. The topological polar surface area (TPSA) is 122 Å². The van der Waals surface area contributed by atoms with Gasteiger partial charge in [0.15, 0.2) is 6.61 Å². The van der Waals surface area contributed by atoms with Crippen LogP contribution in [0.5, 0.6) is 11.5 Å². The van der Waals surface area contributed by atoms with E-state index in [2.05, 4.69) is 15.8 Å². The molecule has 0 unspecified atom stereocenters. The van der Waals surface area contributed by atoms with Gasteiger partial charge in [-0.2, -0.15) is 5.10 Å². The van der Waals surface area contributed by atoms with E-state index < -0.39 is 6.10 Å². The quantitative estimate of drug-likeness (QED) is 0.337. The van der Waals surface area contributed by atoms with Gasteiger partial charge in [0.2, 0.25) is 5.91 Å². The number of methoxy groups -OCH3 is 1. The lowest BCUT2D eigenvalue weighted by Crippen LogP contribution is -2.48. The third-order valence-corrected chi connectivity index (χ3v) is 7.27. The molecule has 1 saturated heterocycles. The highest BCUT2D eigenvalue weighted by atomic mass is 35.5. The number of rotatable bonds is 13. The molecule has 0 spiro atoms. The highest BCUT2D eigenvalue weighted by molar-refractivity contribution is 6.32. The number of hydrogen-bond acceptors (Lipinski definition) is 8. The summed E-state index contributed by atoms with van der Waals surface area (Å²) in [6.07, 6.45) is 2.72. The Labute approximate surface area is 239 Å². The van der Waals surface area contributed by atoms with Gasteiger partial charge in [-0.25, -0.2) is 5.43 Å². The third-order valence-electron chi connectivity index (χ3n) is 6.97. The van der Waals surface area contributed by atoms with Crippen LogP contribution in [0.2, 0.25) is 5.02 Å². The first kappa shape index (κ1) is 29.8. The van der Waals surface area contributed by atoms with E-state index in [4.69, 9.17) is 25.8 Å². The number of piperidine rings is 1. The number of amides is 2. The molecule has 0 radical (unpaired) electrons. The highest BCUT2D eigenvalue weighted by Gasteiger charge is 2.24. The molecule has 1 atom stereocenters. The van der Waals surface area contributed by atoms with Gasteiger partial charge in [0.1, 0.15) is 24.2 Å². The molecule has 10 nitrogen and oxygen atoms in total. The van der Waals surface area contributed by atoms with Gasteiger partial charge in [0.05, 0.1) is 17.3 Å². The molecular formula is C29H37ClN4O6. The van der Waals surface area contributed by atoms with Crippen LogP contribution in [0, 0.1) is 0 Å². The molecule has 1 fully saturated rings. The van der Waals surface area contributed by atoms with Gasteiger partial charge >= 0.3 is 0 Å². The number of likely N-dealkylation sites (tertiary alicyclic amines) is 1. The van der Waals surface area contributed by atoms with Crippen molar-refractivity contribution in [2.24, 2.45) is 5.10 Å². The number of hydrogen-bond donors (Lipinski definition) is 3. The molecule has 2 amide bonds. The van der Waals surface area contributed by atoms with Gasteiger partial charge in [-0.05, 0) is 60.7 Å². The Kier molecular flexibility index (Phi) is 11.2. The van der Waals surface area contributed by atoms with Gasteiger partial charge in [0.25, 0.3) is 5.91 Å². The van der Waals surface area contributed by atoms with Crippen LogP contribution in [0.25, 0.3) is 0 Å². The maximum absolute atomic E-state index is 12.7. The molecule has 0 saturated carbocycles. The minimum absolute atomic E-state index is 0.0976. The first-order chi connectivity index (χ1) is 19.4. The van der Waals surface area contributed by atoms with Crippen LogP contribution >= 0.6 is 11.6 Å². The number of ether oxygens (including phenoxy) is 3. The molecule has 2 aliphatic heterocycles. The highest BCUT2D eigenvalue weighted by Crippen LogP contribution is 2.27. The molecule has 11 heteroatoms. The fourth-order valence-corrected chi connectivity index (χ4v) is 4.81. The van der Waals surface area contributed by atoms with E-state index >= 15 is 0 Å². The Bertz CT molecular complexity index is 1170. The third kappa shape index (κ3) is 8.92. The molecule has 2 heterocycles. The maximum Gasteiger partial charge on any atom is 0.260 e. The Morgan fingerprint density at radius 3 is 2.62 bits per heavy atom. The van der Waals surface area contributed by atoms with Crippen molar-refractivity contribution in [3.63, 3.8) is 0 Å². The summed E-state index contributed by atoms with van der Waals surface area (Å²) in [4.78, 5) is 25.8. The summed E-state index contributed by atoms with van der Waals surface area (Å²) < 4.78 is 16.5. The Morgan fingerprint density at radius 1 is 1.18 bits per heavy atom. The van der Waals surface area contributed by atoms with Gasteiger partial charge in [-0.3, -0.25) is 9.59 Å². The summed E-state index contributed by atoms with van der Waals surface area (Å²) >= 11 is 6.37. The Hall–Kier alpha value is -3.18. The zero-order chi connectivity index (χ0) is 28.3. The second-order valence-electron chi connectivity index (χ2n) is 9.94. The fraction of sp³-hybridized carbons (Fsp3) is 0.483. The van der Waals surface area contributed by atoms with E-state index in [0.717, 1.165) is 36.3 Å². The van der Waals surface area contributed by atoms with Crippen molar-refractivity contribution >= 4 is 29.1 Å². The number of hydrazone groups is 1. The molecule has 4 rings (SSSR count). The molecular weight excluding hydrogens is 536 g/mol. The van der Waals surface area contributed by atoms with Crippen LogP contribution < -0.4 is 20.2 Å². The van der Waals surface area contributed by atoms with E-state index in [1.54, 1.807) is 24.1 Å². The van der Waals surface area contributed by atoms with Crippen molar-refractivity contribution in [1.82, 2.24) is 15.6 Å². The van der Waals surface area contributed by atoms with Gasteiger partial charge in [-0.15, -0.1) is 0 Å². The number of nitrogens with one attached hydrogen (secondary N) is 2. The average Bonchev–Trinajstić information content (AvgIpc) is 2.98. The van der Waals surface area contributed by atoms with E-state index in [-0.39, 0.29) is 31.1 Å². The van der Waals surface area contributed by atoms with Crippen molar-refractivity contribution in [2.45, 2.75) is 44.2 Å². The van der Waals surface area contributed by atoms with Crippen molar-refractivity contribution in [3.05, 3.63) is 58.6 Å². The predicted molar refractivity (Wildman–Crippen MR) is 152 cm³/mol. The second-order valence-corrected chi connectivity index (χ2v) is 10.3. The zero-order valence-electron chi connectivity index (χ0n) is 22.7. The molecule has 40 heavy (non-hydrogen) atoms. The first-order valence-corrected chi connectivity index (χ1v) is 14.0. The van der Waals surface area contributed by atoms with Crippen LogP contribution in [0.4, 0.5) is 0 Å². The minimum atomic E-state index is -0.638. The summed E-state index contributed by atoms with van der Waals surface area (Å²) in [6, 6.07) is 13.3. The lowest BCUT2D eigenvalue weighted by atomic mass is 10.0. The maximum atomic E-state index is 12.7. The van der Waals surface area contributed by atoms with Crippen LogP contribution in [-0.2, 0) is 20.7 Å². The number of carbonyl (C=O) groups is 2. The smallest absolute Gasteiger partial charge is 0.260 e. The zero-order valence-corrected chi connectivity index (χ0v) is 23.5. The van der Waals surface area contributed by atoms with E-state index in [0.29, 0.717) is 49.9 Å². The monoisotopic (exact) mass is 572 g/mol. The van der Waals surface area contributed by atoms with Crippen LogP contribution in [0.3, 0.4) is 0 Å². The summed E-state index contributed by atoms with van der Waals surface area (Å²) in [6.45, 7) is 2.42. The molecule has 2 aliphatic rings. The normalized spacial score (nSPS) is 16.7. The number of benzene rings is 2. The SMILES string of the molecule is COCCc1ccc(OC[C@@H](O)CNC2CCN(C(=O)COc3ccc(C4=NNC(=O)CC4)cc3Cl)CC2)cc1. The Balaban J connectivity index is 1.12.